The zero-order valence-corrected chi connectivity index (χ0v) is 18.3. The lowest BCUT2D eigenvalue weighted by atomic mass is 10.0. The SMILES string of the molecule is CCOc1ccc(OCC(=O)N2CCCN(C(=O)c3cccc4ccccc34)CC2)cc1. The number of amides is 2. The van der Waals surface area contributed by atoms with Gasteiger partial charge in [-0.05, 0) is 54.4 Å². The summed E-state index contributed by atoms with van der Waals surface area (Å²) in [7, 11) is 0. The van der Waals surface area contributed by atoms with Gasteiger partial charge < -0.3 is 19.3 Å². The summed E-state index contributed by atoms with van der Waals surface area (Å²) in [5.74, 6) is 1.35. The van der Waals surface area contributed by atoms with Crippen molar-refractivity contribution in [1.82, 2.24) is 9.80 Å². The van der Waals surface area contributed by atoms with Gasteiger partial charge in [-0.15, -0.1) is 0 Å². The number of ether oxygens (including phenoxy) is 2. The highest BCUT2D eigenvalue weighted by atomic mass is 16.5. The molecule has 0 spiro atoms. The maximum atomic E-state index is 13.2. The average Bonchev–Trinajstić information content (AvgIpc) is 3.09. The van der Waals surface area contributed by atoms with Crippen LogP contribution in [0.5, 0.6) is 11.5 Å². The number of hydrogen-bond donors (Lipinski definition) is 0. The minimum Gasteiger partial charge on any atom is -0.494 e. The van der Waals surface area contributed by atoms with Gasteiger partial charge in [-0.25, -0.2) is 0 Å². The van der Waals surface area contributed by atoms with Crippen LogP contribution < -0.4 is 9.47 Å². The van der Waals surface area contributed by atoms with Crippen LogP contribution in [0.3, 0.4) is 0 Å². The molecule has 6 heteroatoms. The van der Waals surface area contributed by atoms with Gasteiger partial charge >= 0.3 is 0 Å². The summed E-state index contributed by atoms with van der Waals surface area (Å²) in [6, 6.07) is 21.0. The summed E-state index contributed by atoms with van der Waals surface area (Å²) >= 11 is 0. The quantitative estimate of drug-likeness (QED) is 0.591. The second-order valence-electron chi connectivity index (χ2n) is 7.75. The lowest BCUT2D eigenvalue weighted by Crippen LogP contribution is -2.39. The van der Waals surface area contributed by atoms with Crippen molar-refractivity contribution in [3.63, 3.8) is 0 Å². The van der Waals surface area contributed by atoms with Crippen molar-refractivity contribution in [2.24, 2.45) is 0 Å². The van der Waals surface area contributed by atoms with Crippen LogP contribution in [0.2, 0.25) is 0 Å². The number of carbonyl (C=O) groups excluding carboxylic acids is 2. The second-order valence-corrected chi connectivity index (χ2v) is 7.75. The molecule has 1 aliphatic heterocycles. The third-order valence-electron chi connectivity index (χ3n) is 5.65. The number of hydrogen-bond acceptors (Lipinski definition) is 4. The minimum atomic E-state index is -0.0710. The van der Waals surface area contributed by atoms with E-state index >= 15 is 0 Å². The van der Waals surface area contributed by atoms with Gasteiger partial charge in [0.2, 0.25) is 0 Å². The van der Waals surface area contributed by atoms with Crippen LogP contribution in [-0.2, 0) is 4.79 Å². The molecule has 0 radical (unpaired) electrons. The van der Waals surface area contributed by atoms with Crippen molar-refractivity contribution in [2.45, 2.75) is 13.3 Å². The monoisotopic (exact) mass is 432 g/mol. The van der Waals surface area contributed by atoms with E-state index < -0.39 is 0 Å². The van der Waals surface area contributed by atoms with E-state index in [2.05, 4.69) is 0 Å². The molecule has 32 heavy (non-hydrogen) atoms. The fraction of sp³-hybridized carbons (Fsp3) is 0.308. The molecule has 3 aromatic rings. The van der Waals surface area contributed by atoms with E-state index in [-0.39, 0.29) is 18.4 Å². The lowest BCUT2D eigenvalue weighted by molar-refractivity contribution is -0.133. The Balaban J connectivity index is 1.34. The van der Waals surface area contributed by atoms with E-state index in [1.165, 1.54) is 0 Å². The molecule has 166 valence electrons. The molecular weight excluding hydrogens is 404 g/mol. The topological polar surface area (TPSA) is 59.1 Å². The van der Waals surface area contributed by atoms with Gasteiger partial charge in [-0.3, -0.25) is 9.59 Å². The predicted molar refractivity (Wildman–Crippen MR) is 124 cm³/mol. The van der Waals surface area contributed by atoms with Crippen LogP contribution in [0.4, 0.5) is 0 Å². The molecular formula is C26H28N2O4. The minimum absolute atomic E-state index is 0.0155. The molecule has 0 atom stereocenters. The van der Waals surface area contributed by atoms with Gasteiger partial charge in [0, 0.05) is 31.7 Å². The van der Waals surface area contributed by atoms with Crippen molar-refractivity contribution in [3.8, 4) is 11.5 Å². The normalized spacial score (nSPS) is 14.2. The highest BCUT2D eigenvalue weighted by Crippen LogP contribution is 2.21. The number of fused-ring (bicyclic) bond motifs is 1. The van der Waals surface area contributed by atoms with Crippen LogP contribution in [0.1, 0.15) is 23.7 Å². The summed E-state index contributed by atoms with van der Waals surface area (Å²) in [6.07, 6.45) is 0.741. The van der Waals surface area contributed by atoms with Crippen molar-refractivity contribution in [1.29, 1.82) is 0 Å². The molecule has 0 aliphatic carbocycles. The number of carbonyl (C=O) groups is 2. The molecule has 6 nitrogen and oxygen atoms in total. The smallest absolute Gasteiger partial charge is 0.260 e. The van der Waals surface area contributed by atoms with Crippen LogP contribution in [0.15, 0.2) is 66.7 Å². The Morgan fingerprint density at radius 1 is 0.781 bits per heavy atom. The van der Waals surface area contributed by atoms with Gasteiger partial charge in [0.15, 0.2) is 6.61 Å². The Kier molecular flexibility index (Phi) is 6.90. The highest BCUT2D eigenvalue weighted by molar-refractivity contribution is 6.07. The Labute approximate surface area is 188 Å². The maximum absolute atomic E-state index is 13.2. The molecule has 1 fully saturated rings. The molecule has 0 saturated carbocycles. The molecule has 0 unspecified atom stereocenters. The third kappa shape index (κ3) is 5.02. The molecule has 0 bridgehead atoms. The van der Waals surface area contributed by atoms with Crippen molar-refractivity contribution < 1.29 is 19.1 Å². The van der Waals surface area contributed by atoms with E-state index in [0.29, 0.717) is 44.1 Å². The zero-order valence-electron chi connectivity index (χ0n) is 18.3. The molecule has 3 aromatic carbocycles. The molecule has 1 aliphatic rings. The van der Waals surface area contributed by atoms with Gasteiger partial charge in [-0.2, -0.15) is 0 Å². The fourth-order valence-electron chi connectivity index (χ4n) is 3.99. The van der Waals surface area contributed by atoms with Crippen LogP contribution in [0.25, 0.3) is 10.8 Å². The van der Waals surface area contributed by atoms with E-state index in [1.54, 1.807) is 17.0 Å². The van der Waals surface area contributed by atoms with Gasteiger partial charge in [0.25, 0.3) is 11.8 Å². The van der Waals surface area contributed by atoms with Gasteiger partial charge in [-0.1, -0.05) is 36.4 Å². The molecule has 0 N–H and O–H groups in total. The van der Waals surface area contributed by atoms with E-state index in [0.717, 1.165) is 22.9 Å². The highest BCUT2D eigenvalue weighted by Gasteiger charge is 2.24. The Morgan fingerprint density at radius 2 is 1.44 bits per heavy atom. The Morgan fingerprint density at radius 3 is 2.22 bits per heavy atom. The van der Waals surface area contributed by atoms with E-state index in [4.69, 9.17) is 9.47 Å². The van der Waals surface area contributed by atoms with Crippen LogP contribution in [0, 0.1) is 0 Å². The Hall–Kier alpha value is -3.54. The summed E-state index contributed by atoms with van der Waals surface area (Å²) in [6.45, 7) is 4.77. The van der Waals surface area contributed by atoms with Crippen molar-refractivity contribution >= 4 is 22.6 Å². The third-order valence-corrected chi connectivity index (χ3v) is 5.65. The summed E-state index contributed by atoms with van der Waals surface area (Å²) in [5.41, 5.74) is 0.710. The zero-order chi connectivity index (χ0) is 22.3. The largest absolute Gasteiger partial charge is 0.494 e. The van der Waals surface area contributed by atoms with Crippen molar-refractivity contribution in [2.75, 3.05) is 39.4 Å². The first-order valence-electron chi connectivity index (χ1n) is 11.1. The fourth-order valence-corrected chi connectivity index (χ4v) is 3.99. The summed E-state index contributed by atoms with van der Waals surface area (Å²) in [4.78, 5) is 29.5. The molecule has 1 saturated heterocycles. The van der Waals surface area contributed by atoms with E-state index in [1.807, 2.05) is 66.4 Å². The Bertz CT molecular complexity index is 1080. The van der Waals surface area contributed by atoms with Gasteiger partial charge in [0.1, 0.15) is 11.5 Å². The summed E-state index contributed by atoms with van der Waals surface area (Å²) < 4.78 is 11.1. The van der Waals surface area contributed by atoms with Gasteiger partial charge in [0.05, 0.1) is 6.61 Å². The first-order valence-corrected chi connectivity index (χ1v) is 11.1. The molecule has 4 rings (SSSR count). The first-order chi connectivity index (χ1) is 15.7. The molecule has 1 heterocycles. The molecule has 2 amide bonds. The van der Waals surface area contributed by atoms with E-state index in [9.17, 15) is 9.59 Å². The molecule has 0 aromatic heterocycles. The standard InChI is InChI=1S/C26H28N2O4/c1-2-31-21-11-13-22(14-12-21)32-19-25(29)27-15-6-16-28(18-17-27)26(30)24-10-5-8-20-7-3-4-9-23(20)24/h3-5,7-14H,2,6,15-19H2,1H3. The van der Waals surface area contributed by atoms with Crippen LogP contribution >= 0.6 is 0 Å². The first kappa shape index (κ1) is 21.7. The number of rotatable bonds is 6. The van der Waals surface area contributed by atoms with Crippen LogP contribution in [-0.4, -0.2) is 61.0 Å². The van der Waals surface area contributed by atoms with Crippen molar-refractivity contribution in [3.05, 3.63) is 72.3 Å². The lowest BCUT2D eigenvalue weighted by Gasteiger charge is -2.23. The maximum Gasteiger partial charge on any atom is 0.260 e. The number of benzene rings is 3. The predicted octanol–water partition coefficient (Wildman–Crippen LogP) is 3.99. The second kappa shape index (κ2) is 10.2. The summed E-state index contributed by atoms with van der Waals surface area (Å²) in [5, 5.41) is 2.01. The number of nitrogens with zero attached hydrogens (tertiary/aromatic N) is 2. The average molecular weight is 433 g/mol.